The zero-order valence-electron chi connectivity index (χ0n) is 13.7. The highest BCUT2D eigenvalue weighted by atomic mass is 35.5. The van der Waals surface area contributed by atoms with Crippen molar-refractivity contribution in [2.45, 2.75) is 25.9 Å². The van der Waals surface area contributed by atoms with Crippen LogP contribution < -0.4 is 10.1 Å². The van der Waals surface area contributed by atoms with E-state index in [-0.39, 0.29) is 17.3 Å². The predicted molar refractivity (Wildman–Crippen MR) is 91.1 cm³/mol. The number of alkyl halides is 3. The van der Waals surface area contributed by atoms with Crippen molar-refractivity contribution < 1.29 is 22.7 Å². The molecule has 7 heteroatoms. The fourth-order valence-electron chi connectivity index (χ4n) is 2.08. The van der Waals surface area contributed by atoms with Gasteiger partial charge in [-0.15, -0.1) is 0 Å². The maximum absolute atomic E-state index is 12.6. The van der Waals surface area contributed by atoms with Gasteiger partial charge in [0.15, 0.2) is 6.61 Å². The van der Waals surface area contributed by atoms with Gasteiger partial charge < -0.3 is 10.1 Å². The van der Waals surface area contributed by atoms with E-state index in [1.807, 2.05) is 12.1 Å². The summed E-state index contributed by atoms with van der Waals surface area (Å²) in [4.78, 5) is 11.9. The van der Waals surface area contributed by atoms with E-state index in [1.165, 1.54) is 0 Å². The molecule has 1 amide bonds. The molecule has 0 radical (unpaired) electrons. The molecular weight excluding hydrogens is 355 g/mol. The van der Waals surface area contributed by atoms with E-state index >= 15 is 0 Å². The Bertz CT molecular complexity index is 743. The van der Waals surface area contributed by atoms with Crippen molar-refractivity contribution in [2.24, 2.45) is 0 Å². The SMILES string of the molecule is CC(C)c1ccc(OCC(=O)Nc2ccc(C(F)(F)F)cc2Cl)cc1. The summed E-state index contributed by atoms with van der Waals surface area (Å²) < 4.78 is 43.1. The largest absolute Gasteiger partial charge is 0.484 e. The zero-order valence-corrected chi connectivity index (χ0v) is 14.4. The minimum absolute atomic E-state index is 0.0958. The number of hydrogen-bond donors (Lipinski definition) is 1. The molecule has 0 aliphatic carbocycles. The van der Waals surface area contributed by atoms with Crippen molar-refractivity contribution in [3.63, 3.8) is 0 Å². The summed E-state index contributed by atoms with van der Waals surface area (Å²) in [5, 5.41) is 2.24. The number of ether oxygens (including phenoxy) is 1. The number of benzene rings is 2. The van der Waals surface area contributed by atoms with Crippen LogP contribution in [-0.4, -0.2) is 12.5 Å². The lowest BCUT2D eigenvalue weighted by Crippen LogP contribution is -2.20. The molecule has 2 aromatic carbocycles. The molecule has 3 nitrogen and oxygen atoms in total. The normalized spacial score (nSPS) is 11.5. The fourth-order valence-corrected chi connectivity index (χ4v) is 2.30. The third kappa shape index (κ3) is 5.39. The number of nitrogens with one attached hydrogen (secondary N) is 1. The van der Waals surface area contributed by atoms with Gasteiger partial charge in [-0.1, -0.05) is 37.6 Å². The Morgan fingerprint density at radius 1 is 1.16 bits per heavy atom. The Morgan fingerprint density at radius 2 is 1.80 bits per heavy atom. The lowest BCUT2D eigenvalue weighted by atomic mass is 10.0. The summed E-state index contributed by atoms with van der Waals surface area (Å²) in [7, 11) is 0. The van der Waals surface area contributed by atoms with Crippen molar-refractivity contribution in [2.75, 3.05) is 11.9 Å². The van der Waals surface area contributed by atoms with Crippen LogP contribution in [0.15, 0.2) is 42.5 Å². The molecule has 0 aliphatic rings. The molecule has 0 fully saturated rings. The highest BCUT2D eigenvalue weighted by molar-refractivity contribution is 6.33. The van der Waals surface area contributed by atoms with E-state index in [2.05, 4.69) is 19.2 Å². The Hall–Kier alpha value is -2.21. The van der Waals surface area contributed by atoms with Crippen LogP contribution in [0.3, 0.4) is 0 Å². The quantitative estimate of drug-likeness (QED) is 0.753. The third-order valence-electron chi connectivity index (χ3n) is 3.49. The number of carbonyl (C=O) groups excluding carboxylic acids is 1. The first kappa shape index (κ1) is 19.1. The molecule has 2 aromatic rings. The van der Waals surface area contributed by atoms with Crippen molar-refractivity contribution in [3.05, 3.63) is 58.6 Å². The topological polar surface area (TPSA) is 38.3 Å². The maximum atomic E-state index is 12.6. The monoisotopic (exact) mass is 371 g/mol. The smallest absolute Gasteiger partial charge is 0.416 e. The molecule has 0 heterocycles. The molecular formula is C18H17ClF3NO2. The number of amides is 1. The summed E-state index contributed by atoms with van der Waals surface area (Å²) >= 11 is 5.79. The molecule has 2 rings (SSSR count). The second-order valence-electron chi connectivity index (χ2n) is 5.75. The van der Waals surface area contributed by atoms with Gasteiger partial charge in [-0.2, -0.15) is 13.2 Å². The molecule has 0 aliphatic heterocycles. The Labute approximate surface area is 148 Å². The first-order valence-corrected chi connectivity index (χ1v) is 7.94. The van der Waals surface area contributed by atoms with Crippen LogP contribution in [0.4, 0.5) is 18.9 Å². The van der Waals surface area contributed by atoms with E-state index in [9.17, 15) is 18.0 Å². The standard InChI is InChI=1S/C18H17ClF3NO2/c1-11(2)12-3-6-14(7-4-12)25-10-17(24)23-16-8-5-13(9-15(16)19)18(20,21)22/h3-9,11H,10H2,1-2H3,(H,23,24). The van der Waals surface area contributed by atoms with Gasteiger partial charge in [-0.25, -0.2) is 0 Å². The van der Waals surface area contributed by atoms with Gasteiger partial charge >= 0.3 is 6.18 Å². The molecule has 0 aromatic heterocycles. The van der Waals surface area contributed by atoms with Gasteiger partial charge in [-0.05, 0) is 41.8 Å². The second-order valence-corrected chi connectivity index (χ2v) is 6.16. The van der Waals surface area contributed by atoms with Gasteiger partial charge in [0.1, 0.15) is 5.75 Å². The van der Waals surface area contributed by atoms with Crippen molar-refractivity contribution in [1.82, 2.24) is 0 Å². The highest BCUT2D eigenvalue weighted by Gasteiger charge is 2.31. The van der Waals surface area contributed by atoms with Crippen LogP contribution in [0.2, 0.25) is 5.02 Å². The van der Waals surface area contributed by atoms with Crippen molar-refractivity contribution in [1.29, 1.82) is 0 Å². The van der Waals surface area contributed by atoms with Crippen molar-refractivity contribution >= 4 is 23.2 Å². The van der Waals surface area contributed by atoms with Crippen LogP contribution in [0.25, 0.3) is 0 Å². The van der Waals surface area contributed by atoms with E-state index < -0.39 is 17.6 Å². The summed E-state index contributed by atoms with van der Waals surface area (Å²) in [6.45, 7) is 3.85. The van der Waals surface area contributed by atoms with E-state index in [0.29, 0.717) is 11.7 Å². The number of halogens is 4. The second kappa shape index (κ2) is 7.78. The van der Waals surface area contributed by atoms with E-state index in [1.54, 1.807) is 12.1 Å². The minimum atomic E-state index is -4.49. The van der Waals surface area contributed by atoms with E-state index in [4.69, 9.17) is 16.3 Å². The van der Waals surface area contributed by atoms with Crippen LogP contribution in [0, 0.1) is 0 Å². The highest BCUT2D eigenvalue weighted by Crippen LogP contribution is 2.33. The number of rotatable bonds is 5. The van der Waals surface area contributed by atoms with Gasteiger partial charge in [0.2, 0.25) is 0 Å². The lowest BCUT2D eigenvalue weighted by molar-refractivity contribution is -0.137. The van der Waals surface area contributed by atoms with Gasteiger partial charge in [0.05, 0.1) is 16.3 Å². The van der Waals surface area contributed by atoms with E-state index in [0.717, 1.165) is 23.8 Å². The first-order valence-electron chi connectivity index (χ1n) is 7.56. The summed E-state index contributed by atoms with van der Waals surface area (Å²) in [5.41, 5.74) is 0.365. The Balaban J connectivity index is 1.94. The summed E-state index contributed by atoms with van der Waals surface area (Å²) in [5.74, 6) is 0.395. The zero-order chi connectivity index (χ0) is 18.6. The average Bonchev–Trinajstić information content (AvgIpc) is 2.54. The van der Waals surface area contributed by atoms with Gasteiger partial charge in [0, 0.05) is 0 Å². The lowest BCUT2D eigenvalue weighted by Gasteiger charge is -2.12. The fraction of sp³-hybridized carbons (Fsp3) is 0.278. The minimum Gasteiger partial charge on any atom is -0.484 e. The molecule has 134 valence electrons. The first-order chi connectivity index (χ1) is 11.7. The summed E-state index contributed by atoms with van der Waals surface area (Å²) in [6, 6.07) is 10.1. The number of hydrogen-bond acceptors (Lipinski definition) is 2. The Morgan fingerprint density at radius 3 is 2.32 bits per heavy atom. The number of carbonyl (C=O) groups is 1. The van der Waals surface area contributed by atoms with Gasteiger partial charge in [-0.3, -0.25) is 4.79 Å². The Kier molecular flexibility index (Phi) is 5.95. The third-order valence-corrected chi connectivity index (χ3v) is 3.80. The molecule has 1 N–H and O–H groups in total. The summed E-state index contributed by atoms with van der Waals surface area (Å²) in [6.07, 6.45) is -4.49. The van der Waals surface area contributed by atoms with Crippen LogP contribution >= 0.6 is 11.6 Å². The molecule has 25 heavy (non-hydrogen) atoms. The van der Waals surface area contributed by atoms with Crippen molar-refractivity contribution in [3.8, 4) is 5.75 Å². The molecule has 0 bridgehead atoms. The molecule has 0 saturated heterocycles. The molecule has 0 spiro atoms. The van der Waals surface area contributed by atoms with Gasteiger partial charge in [0.25, 0.3) is 5.91 Å². The average molecular weight is 372 g/mol. The molecule has 0 saturated carbocycles. The van der Waals surface area contributed by atoms with Crippen LogP contribution in [0.5, 0.6) is 5.75 Å². The van der Waals surface area contributed by atoms with Crippen LogP contribution in [-0.2, 0) is 11.0 Å². The number of anilines is 1. The molecule has 0 atom stereocenters. The van der Waals surface area contributed by atoms with Crippen LogP contribution in [0.1, 0.15) is 30.9 Å². The predicted octanol–water partition coefficient (Wildman–Crippen LogP) is 5.50. The molecule has 0 unspecified atom stereocenters. The maximum Gasteiger partial charge on any atom is 0.416 e.